The van der Waals surface area contributed by atoms with E-state index in [4.69, 9.17) is 4.74 Å². The number of amides is 1. The summed E-state index contributed by atoms with van der Waals surface area (Å²) in [4.78, 5) is 13.3. The van der Waals surface area contributed by atoms with Crippen molar-refractivity contribution in [3.63, 3.8) is 0 Å². The number of carbonyl (C=O) groups excluding carboxylic acids is 1. The lowest BCUT2D eigenvalue weighted by Crippen LogP contribution is -2.23. The summed E-state index contributed by atoms with van der Waals surface area (Å²) in [6, 6.07) is 8.51. The highest BCUT2D eigenvalue weighted by atomic mass is 16.6. The largest absolute Gasteiger partial charge is 0.447 e. The Morgan fingerprint density at radius 2 is 2.25 bits per heavy atom. The third kappa shape index (κ3) is 3.65. The van der Waals surface area contributed by atoms with Crippen LogP contribution in [0.1, 0.15) is 39.5 Å². The molecule has 1 unspecified atom stereocenters. The minimum absolute atomic E-state index is 0.250. The van der Waals surface area contributed by atoms with Crippen LogP contribution in [0.4, 0.5) is 16.2 Å². The van der Waals surface area contributed by atoms with Crippen molar-refractivity contribution in [2.75, 3.05) is 23.4 Å². The van der Waals surface area contributed by atoms with Crippen LogP contribution in [0.15, 0.2) is 24.3 Å². The van der Waals surface area contributed by atoms with E-state index in [1.807, 2.05) is 18.2 Å². The van der Waals surface area contributed by atoms with E-state index in [9.17, 15) is 4.79 Å². The fraction of sp³-hybridized carbons (Fsp3) is 0.562. The Kier molecular flexibility index (Phi) is 5.27. The third-order valence-corrected chi connectivity index (χ3v) is 3.69. The summed E-state index contributed by atoms with van der Waals surface area (Å²) in [6.45, 7) is 5.53. The van der Waals surface area contributed by atoms with Crippen molar-refractivity contribution in [1.82, 2.24) is 0 Å². The highest BCUT2D eigenvalue weighted by Crippen LogP contribution is 2.23. The number of unbranched alkanes of at least 4 members (excludes halogenated alkanes) is 1. The van der Waals surface area contributed by atoms with Crippen LogP contribution in [0, 0.1) is 0 Å². The van der Waals surface area contributed by atoms with Gasteiger partial charge in [0.25, 0.3) is 0 Å². The van der Waals surface area contributed by atoms with Gasteiger partial charge in [0.05, 0.1) is 6.54 Å². The van der Waals surface area contributed by atoms with Crippen LogP contribution >= 0.6 is 0 Å². The average Bonchev–Trinajstić information content (AvgIpc) is 2.90. The number of anilines is 2. The Morgan fingerprint density at radius 1 is 1.40 bits per heavy atom. The molecule has 1 amide bonds. The lowest BCUT2D eigenvalue weighted by atomic mass is 10.1. The normalized spacial score (nSPS) is 16.1. The molecule has 1 atom stereocenters. The van der Waals surface area contributed by atoms with Gasteiger partial charge in [-0.1, -0.05) is 32.8 Å². The first-order valence-corrected chi connectivity index (χ1v) is 7.55. The highest BCUT2D eigenvalue weighted by Gasteiger charge is 2.23. The van der Waals surface area contributed by atoms with Gasteiger partial charge in [-0.25, -0.2) is 4.79 Å². The average molecular weight is 276 g/mol. The van der Waals surface area contributed by atoms with Gasteiger partial charge in [0.1, 0.15) is 6.61 Å². The van der Waals surface area contributed by atoms with Gasteiger partial charge in [-0.2, -0.15) is 0 Å². The molecule has 4 nitrogen and oxygen atoms in total. The molecule has 0 spiro atoms. The molecular weight excluding hydrogens is 252 g/mol. The van der Waals surface area contributed by atoms with Gasteiger partial charge in [0.2, 0.25) is 0 Å². The molecular formula is C16H24N2O2. The van der Waals surface area contributed by atoms with Crippen molar-refractivity contribution < 1.29 is 9.53 Å². The van der Waals surface area contributed by atoms with Crippen LogP contribution in [0.2, 0.25) is 0 Å². The number of rotatable bonds is 7. The van der Waals surface area contributed by atoms with Gasteiger partial charge in [-0.3, -0.25) is 4.90 Å². The second-order valence-corrected chi connectivity index (χ2v) is 5.21. The predicted molar refractivity (Wildman–Crippen MR) is 82.4 cm³/mol. The van der Waals surface area contributed by atoms with Crippen molar-refractivity contribution >= 4 is 17.5 Å². The fourth-order valence-corrected chi connectivity index (χ4v) is 2.46. The second-order valence-electron chi connectivity index (χ2n) is 5.21. The van der Waals surface area contributed by atoms with Gasteiger partial charge in [0, 0.05) is 17.4 Å². The van der Waals surface area contributed by atoms with Gasteiger partial charge in [0.15, 0.2) is 0 Å². The monoisotopic (exact) mass is 276 g/mol. The van der Waals surface area contributed by atoms with E-state index in [2.05, 4.69) is 25.2 Å². The topological polar surface area (TPSA) is 41.6 Å². The molecule has 1 saturated heterocycles. The van der Waals surface area contributed by atoms with E-state index in [1.54, 1.807) is 4.90 Å². The van der Waals surface area contributed by atoms with E-state index < -0.39 is 0 Å². The third-order valence-electron chi connectivity index (χ3n) is 3.69. The molecule has 4 heteroatoms. The van der Waals surface area contributed by atoms with Crippen molar-refractivity contribution in [1.29, 1.82) is 0 Å². The fourth-order valence-electron chi connectivity index (χ4n) is 2.46. The summed E-state index contributed by atoms with van der Waals surface area (Å²) < 4.78 is 4.98. The summed E-state index contributed by atoms with van der Waals surface area (Å²) >= 11 is 0. The Bertz CT molecular complexity index is 448. The maximum Gasteiger partial charge on any atom is 0.414 e. The minimum Gasteiger partial charge on any atom is -0.447 e. The smallest absolute Gasteiger partial charge is 0.414 e. The Hall–Kier alpha value is -1.71. The number of hydrogen-bond acceptors (Lipinski definition) is 3. The van der Waals surface area contributed by atoms with Crippen molar-refractivity contribution in [3.8, 4) is 0 Å². The molecule has 110 valence electrons. The molecule has 0 aliphatic carbocycles. The standard InChI is InChI=1S/C16H24N2O2/c1-3-5-7-13(4-2)17-14-8-6-9-15(12-14)18-10-11-20-16(18)19/h6,8-9,12-13,17H,3-5,7,10-11H2,1-2H3. The molecule has 1 aromatic carbocycles. The molecule has 0 radical (unpaired) electrons. The zero-order valence-corrected chi connectivity index (χ0v) is 12.4. The minimum atomic E-state index is -0.250. The SMILES string of the molecule is CCCCC(CC)Nc1cccc(N2CCOC2=O)c1. The van der Waals surface area contributed by atoms with Gasteiger partial charge in [-0.05, 0) is 31.0 Å². The first kappa shape index (κ1) is 14.7. The molecule has 20 heavy (non-hydrogen) atoms. The van der Waals surface area contributed by atoms with Crippen molar-refractivity contribution in [3.05, 3.63) is 24.3 Å². The number of nitrogens with one attached hydrogen (secondary N) is 1. The summed E-state index contributed by atoms with van der Waals surface area (Å²) in [6.07, 6.45) is 4.50. The van der Waals surface area contributed by atoms with Crippen LogP contribution in [0.25, 0.3) is 0 Å². The van der Waals surface area contributed by atoms with Crippen LogP contribution in [-0.2, 0) is 4.74 Å². The van der Waals surface area contributed by atoms with E-state index in [0.717, 1.165) is 17.8 Å². The molecule has 1 aliphatic rings. The molecule has 0 aromatic heterocycles. The Morgan fingerprint density at radius 3 is 2.90 bits per heavy atom. The molecule has 1 aliphatic heterocycles. The zero-order valence-electron chi connectivity index (χ0n) is 12.4. The van der Waals surface area contributed by atoms with Gasteiger partial charge >= 0.3 is 6.09 Å². The van der Waals surface area contributed by atoms with Gasteiger partial charge < -0.3 is 10.1 Å². The molecule has 0 saturated carbocycles. The zero-order chi connectivity index (χ0) is 14.4. The first-order chi connectivity index (χ1) is 9.74. The first-order valence-electron chi connectivity index (χ1n) is 7.55. The second kappa shape index (κ2) is 7.17. The number of benzene rings is 1. The number of hydrogen-bond donors (Lipinski definition) is 1. The van der Waals surface area contributed by atoms with Crippen LogP contribution < -0.4 is 10.2 Å². The summed E-state index contributed by atoms with van der Waals surface area (Å²) in [7, 11) is 0. The summed E-state index contributed by atoms with van der Waals surface area (Å²) in [5.74, 6) is 0. The van der Waals surface area contributed by atoms with Crippen LogP contribution in [0.3, 0.4) is 0 Å². The Balaban J connectivity index is 2.03. The van der Waals surface area contributed by atoms with Crippen molar-refractivity contribution in [2.24, 2.45) is 0 Å². The molecule has 1 heterocycles. The maximum atomic E-state index is 11.6. The van der Waals surface area contributed by atoms with E-state index >= 15 is 0 Å². The lowest BCUT2D eigenvalue weighted by Gasteiger charge is -2.20. The van der Waals surface area contributed by atoms with E-state index in [-0.39, 0.29) is 6.09 Å². The van der Waals surface area contributed by atoms with Crippen molar-refractivity contribution in [2.45, 2.75) is 45.6 Å². The maximum absolute atomic E-state index is 11.6. The molecule has 1 fully saturated rings. The number of carbonyl (C=O) groups is 1. The summed E-state index contributed by atoms with van der Waals surface area (Å²) in [5.41, 5.74) is 1.98. The molecule has 1 aromatic rings. The van der Waals surface area contributed by atoms with E-state index in [1.165, 1.54) is 19.3 Å². The summed E-state index contributed by atoms with van der Waals surface area (Å²) in [5, 5.41) is 3.56. The Labute approximate surface area is 121 Å². The molecule has 0 bridgehead atoms. The van der Waals surface area contributed by atoms with Crippen LogP contribution in [0.5, 0.6) is 0 Å². The lowest BCUT2D eigenvalue weighted by molar-refractivity contribution is 0.181. The number of nitrogens with zero attached hydrogens (tertiary/aromatic N) is 1. The van der Waals surface area contributed by atoms with E-state index in [0.29, 0.717) is 19.2 Å². The quantitative estimate of drug-likeness (QED) is 0.817. The van der Waals surface area contributed by atoms with Gasteiger partial charge in [-0.15, -0.1) is 0 Å². The molecule has 2 rings (SSSR count). The highest BCUT2D eigenvalue weighted by molar-refractivity contribution is 5.89. The van der Waals surface area contributed by atoms with Crippen LogP contribution in [-0.4, -0.2) is 25.3 Å². The molecule has 1 N–H and O–H groups in total. The predicted octanol–water partition coefficient (Wildman–Crippen LogP) is 4.02. The number of ether oxygens (including phenoxy) is 1. The number of cyclic esters (lactones) is 1.